The van der Waals surface area contributed by atoms with Gasteiger partial charge in [-0.2, -0.15) is 0 Å². The molecular weight excluding hydrogens is 420 g/mol. The second-order valence-corrected chi connectivity index (χ2v) is 6.94. The minimum absolute atomic E-state index is 0.502. The van der Waals surface area contributed by atoms with Crippen molar-refractivity contribution >= 4 is 0 Å². The highest BCUT2D eigenvalue weighted by Crippen LogP contribution is 2.39. The van der Waals surface area contributed by atoms with Crippen LogP contribution >= 0.6 is 0 Å². The third-order valence-corrected chi connectivity index (χ3v) is 4.78. The van der Waals surface area contributed by atoms with Crippen LogP contribution in [0.1, 0.15) is 0 Å². The molecule has 0 aliphatic rings. The van der Waals surface area contributed by atoms with Crippen molar-refractivity contribution in [2.24, 2.45) is 0 Å². The molecule has 0 aliphatic carbocycles. The summed E-state index contributed by atoms with van der Waals surface area (Å²) in [6, 6.07) is 27.4. The molecule has 33 heavy (non-hydrogen) atoms. The van der Waals surface area contributed by atoms with Crippen molar-refractivity contribution in [2.45, 2.75) is 0 Å². The van der Waals surface area contributed by atoms with Crippen molar-refractivity contribution in [2.75, 3.05) is 21.3 Å². The standard InChI is InChI=1S/C27H24O6/c1-28-19-4-10-22(11-5-19)31-25-16-17-26(32-23-12-6-20(29-2)7-13-23)27(18-25)33-24-14-8-21(30-3)9-15-24/h4-18H,1-3H3. The van der Waals surface area contributed by atoms with Crippen LogP contribution in [0.3, 0.4) is 0 Å². The highest BCUT2D eigenvalue weighted by atomic mass is 16.5. The van der Waals surface area contributed by atoms with Gasteiger partial charge in [0.05, 0.1) is 21.3 Å². The Morgan fingerprint density at radius 1 is 0.333 bits per heavy atom. The van der Waals surface area contributed by atoms with Gasteiger partial charge in [-0.05, 0) is 84.9 Å². The van der Waals surface area contributed by atoms with Crippen molar-refractivity contribution in [1.29, 1.82) is 0 Å². The lowest BCUT2D eigenvalue weighted by atomic mass is 10.2. The third-order valence-electron chi connectivity index (χ3n) is 4.78. The lowest BCUT2D eigenvalue weighted by Gasteiger charge is -2.15. The van der Waals surface area contributed by atoms with E-state index >= 15 is 0 Å². The zero-order valence-electron chi connectivity index (χ0n) is 18.6. The fourth-order valence-electron chi connectivity index (χ4n) is 3.04. The Bertz CT molecular complexity index is 1170. The molecule has 4 aromatic carbocycles. The molecule has 6 heteroatoms. The van der Waals surface area contributed by atoms with E-state index in [9.17, 15) is 0 Å². The fourth-order valence-corrected chi connectivity index (χ4v) is 3.04. The highest BCUT2D eigenvalue weighted by molar-refractivity contribution is 5.51. The number of benzene rings is 4. The number of rotatable bonds is 9. The van der Waals surface area contributed by atoms with Crippen LogP contribution in [0, 0.1) is 0 Å². The molecule has 0 bridgehead atoms. The first kappa shape index (κ1) is 21.9. The summed E-state index contributed by atoms with van der Waals surface area (Å²) in [6.45, 7) is 0. The molecule has 168 valence electrons. The van der Waals surface area contributed by atoms with Crippen LogP contribution in [0.5, 0.6) is 51.7 Å². The van der Waals surface area contributed by atoms with Gasteiger partial charge < -0.3 is 28.4 Å². The van der Waals surface area contributed by atoms with Crippen LogP contribution < -0.4 is 28.4 Å². The van der Waals surface area contributed by atoms with Crippen LogP contribution in [-0.2, 0) is 0 Å². The minimum Gasteiger partial charge on any atom is -0.497 e. The molecule has 0 saturated carbocycles. The second kappa shape index (κ2) is 10.3. The third kappa shape index (κ3) is 5.68. The molecule has 4 rings (SSSR count). The first-order chi connectivity index (χ1) is 16.2. The Hall–Kier alpha value is -4.32. The molecule has 6 nitrogen and oxygen atoms in total. The van der Waals surface area contributed by atoms with Crippen LogP contribution in [0.25, 0.3) is 0 Å². The van der Waals surface area contributed by atoms with Gasteiger partial charge >= 0.3 is 0 Å². The maximum Gasteiger partial charge on any atom is 0.173 e. The van der Waals surface area contributed by atoms with Crippen molar-refractivity contribution < 1.29 is 28.4 Å². The summed E-state index contributed by atoms with van der Waals surface area (Å²) in [5.41, 5.74) is 0. The maximum atomic E-state index is 6.14. The minimum atomic E-state index is 0.502. The Morgan fingerprint density at radius 2 is 0.667 bits per heavy atom. The number of methoxy groups -OCH3 is 3. The molecule has 0 amide bonds. The van der Waals surface area contributed by atoms with Gasteiger partial charge in [0.2, 0.25) is 0 Å². The van der Waals surface area contributed by atoms with Crippen LogP contribution in [0.4, 0.5) is 0 Å². The average Bonchev–Trinajstić information content (AvgIpc) is 2.87. The van der Waals surface area contributed by atoms with Crippen LogP contribution in [0.15, 0.2) is 91.0 Å². The van der Waals surface area contributed by atoms with E-state index in [-0.39, 0.29) is 0 Å². The monoisotopic (exact) mass is 444 g/mol. The highest BCUT2D eigenvalue weighted by Gasteiger charge is 2.12. The van der Waals surface area contributed by atoms with E-state index in [0.717, 1.165) is 17.2 Å². The van der Waals surface area contributed by atoms with E-state index < -0.39 is 0 Å². The summed E-state index contributed by atoms with van der Waals surface area (Å²) in [7, 11) is 4.87. The molecule has 0 heterocycles. The SMILES string of the molecule is COc1ccc(Oc2ccc(Oc3ccc(OC)cc3)c(Oc3ccc(OC)cc3)c2)cc1. The van der Waals surface area contributed by atoms with Gasteiger partial charge in [0, 0.05) is 6.07 Å². The maximum absolute atomic E-state index is 6.14. The van der Waals surface area contributed by atoms with Gasteiger partial charge in [-0.3, -0.25) is 0 Å². The summed E-state index contributed by atoms with van der Waals surface area (Å²) >= 11 is 0. The summed E-state index contributed by atoms with van der Waals surface area (Å²) in [5, 5.41) is 0. The Balaban J connectivity index is 1.61. The molecule has 0 spiro atoms. The largest absolute Gasteiger partial charge is 0.497 e. The predicted molar refractivity (Wildman–Crippen MR) is 126 cm³/mol. The molecule has 0 unspecified atom stereocenters. The molecular formula is C27H24O6. The first-order valence-corrected chi connectivity index (χ1v) is 10.3. The van der Waals surface area contributed by atoms with E-state index in [2.05, 4.69) is 0 Å². The predicted octanol–water partition coefficient (Wildman–Crippen LogP) is 7.09. The Labute approximate surface area is 192 Å². The van der Waals surface area contributed by atoms with Crippen molar-refractivity contribution in [3.05, 3.63) is 91.0 Å². The van der Waals surface area contributed by atoms with E-state index in [1.165, 1.54) is 0 Å². The zero-order valence-corrected chi connectivity index (χ0v) is 18.6. The van der Waals surface area contributed by atoms with Crippen LogP contribution in [-0.4, -0.2) is 21.3 Å². The lowest BCUT2D eigenvalue weighted by molar-refractivity contribution is 0.402. The topological polar surface area (TPSA) is 55.4 Å². The van der Waals surface area contributed by atoms with Gasteiger partial charge in [-0.1, -0.05) is 0 Å². The molecule has 4 aromatic rings. The quantitative estimate of drug-likeness (QED) is 0.275. The van der Waals surface area contributed by atoms with Gasteiger partial charge in [-0.15, -0.1) is 0 Å². The van der Waals surface area contributed by atoms with Crippen LogP contribution in [0.2, 0.25) is 0 Å². The van der Waals surface area contributed by atoms with Gasteiger partial charge in [-0.25, -0.2) is 0 Å². The lowest BCUT2D eigenvalue weighted by Crippen LogP contribution is -1.93. The van der Waals surface area contributed by atoms with Gasteiger partial charge in [0.15, 0.2) is 11.5 Å². The number of hydrogen-bond acceptors (Lipinski definition) is 6. The number of ether oxygens (including phenoxy) is 6. The normalized spacial score (nSPS) is 10.3. The van der Waals surface area contributed by atoms with E-state index in [1.807, 2.05) is 84.9 Å². The fraction of sp³-hybridized carbons (Fsp3) is 0.111. The molecule has 0 N–H and O–H groups in total. The molecule has 0 radical (unpaired) electrons. The molecule has 0 aromatic heterocycles. The van der Waals surface area contributed by atoms with Crippen molar-refractivity contribution in [3.63, 3.8) is 0 Å². The summed E-state index contributed by atoms with van der Waals surface area (Å²) in [6.07, 6.45) is 0. The summed E-state index contributed by atoms with van der Waals surface area (Å²) in [5.74, 6) is 5.86. The van der Waals surface area contributed by atoms with Gasteiger partial charge in [0.25, 0.3) is 0 Å². The van der Waals surface area contributed by atoms with Crippen molar-refractivity contribution in [3.8, 4) is 51.7 Å². The van der Waals surface area contributed by atoms with Gasteiger partial charge in [0.1, 0.15) is 40.2 Å². The molecule has 0 aliphatic heterocycles. The summed E-state index contributed by atoms with van der Waals surface area (Å²) < 4.78 is 33.9. The first-order valence-electron chi connectivity index (χ1n) is 10.3. The smallest absolute Gasteiger partial charge is 0.173 e. The zero-order chi connectivity index (χ0) is 23.0. The van der Waals surface area contributed by atoms with E-state index in [1.54, 1.807) is 27.4 Å². The average molecular weight is 444 g/mol. The number of hydrogen-bond donors (Lipinski definition) is 0. The Morgan fingerprint density at radius 3 is 1.09 bits per heavy atom. The van der Waals surface area contributed by atoms with E-state index in [4.69, 9.17) is 28.4 Å². The van der Waals surface area contributed by atoms with Crippen molar-refractivity contribution in [1.82, 2.24) is 0 Å². The molecule has 0 saturated heterocycles. The van der Waals surface area contributed by atoms with E-state index in [0.29, 0.717) is 34.5 Å². The Kier molecular flexibility index (Phi) is 6.85. The molecule has 0 atom stereocenters. The second-order valence-electron chi connectivity index (χ2n) is 6.94. The summed E-state index contributed by atoms with van der Waals surface area (Å²) in [4.78, 5) is 0. The molecule has 0 fully saturated rings.